The number of aryl methyl sites for hydroxylation is 1. The quantitative estimate of drug-likeness (QED) is 0.826. The van der Waals surface area contributed by atoms with Crippen LogP contribution in [-0.2, 0) is 0 Å². The van der Waals surface area contributed by atoms with E-state index in [1.807, 2.05) is 6.07 Å². The second kappa shape index (κ2) is 5.90. The number of methoxy groups -OCH3 is 1. The SMILES string of the molecule is CCC(C)CC(N)c1ccc(OC)c(C)c1. The zero-order valence-electron chi connectivity index (χ0n) is 10.8. The van der Waals surface area contributed by atoms with Crippen LogP contribution in [0.2, 0.25) is 0 Å². The van der Waals surface area contributed by atoms with Crippen LogP contribution in [0, 0.1) is 12.8 Å². The molecular weight excluding hydrogens is 198 g/mol. The van der Waals surface area contributed by atoms with Gasteiger partial charge in [0.05, 0.1) is 7.11 Å². The molecule has 1 aromatic carbocycles. The smallest absolute Gasteiger partial charge is 0.121 e. The molecule has 0 aliphatic carbocycles. The molecule has 2 unspecified atom stereocenters. The van der Waals surface area contributed by atoms with E-state index in [0.717, 1.165) is 17.7 Å². The normalized spacial score (nSPS) is 14.6. The molecule has 0 radical (unpaired) electrons. The van der Waals surface area contributed by atoms with E-state index in [9.17, 15) is 0 Å². The summed E-state index contributed by atoms with van der Waals surface area (Å²) in [5.41, 5.74) is 8.55. The highest BCUT2D eigenvalue weighted by Crippen LogP contribution is 2.25. The van der Waals surface area contributed by atoms with E-state index in [-0.39, 0.29) is 6.04 Å². The molecule has 0 spiro atoms. The molecule has 0 aromatic heterocycles. The monoisotopic (exact) mass is 221 g/mol. The molecule has 0 fully saturated rings. The Bertz CT molecular complexity index is 336. The molecule has 0 aliphatic heterocycles. The molecule has 0 saturated heterocycles. The van der Waals surface area contributed by atoms with E-state index in [2.05, 4.69) is 32.9 Å². The standard InChI is InChI=1S/C14H23NO/c1-5-10(2)8-13(15)12-6-7-14(16-4)11(3)9-12/h6-7,9-10,13H,5,8,15H2,1-4H3. The van der Waals surface area contributed by atoms with Gasteiger partial charge in [0, 0.05) is 6.04 Å². The maximum absolute atomic E-state index is 6.19. The van der Waals surface area contributed by atoms with Crippen molar-refractivity contribution in [2.75, 3.05) is 7.11 Å². The summed E-state index contributed by atoms with van der Waals surface area (Å²) < 4.78 is 5.24. The van der Waals surface area contributed by atoms with Gasteiger partial charge in [-0.3, -0.25) is 0 Å². The summed E-state index contributed by atoms with van der Waals surface area (Å²) in [4.78, 5) is 0. The first-order chi connectivity index (χ1) is 7.58. The van der Waals surface area contributed by atoms with Crippen LogP contribution >= 0.6 is 0 Å². The van der Waals surface area contributed by atoms with Crippen molar-refractivity contribution in [3.05, 3.63) is 29.3 Å². The van der Waals surface area contributed by atoms with Gasteiger partial charge >= 0.3 is 0 Å². The second-order valence-electron chi connectivity index (χ2n) is 4.58. The van der Waals surface area contributed by atoms with E-state index in [1.54, 1.807) is 7.11 Å². The summed E-state index contributed by atoms with van der Waals surface area (Å²) >= 11 is 0. The minimum Gasteiger partial charge on any atom is -0.496 e. The highest BCUT2D eigenvalue weighted by molar-refractivity contribution is 5.37. The van der Waals surface area contributed by atoms with E-state index < -0.39 is 0 Å². The fourth-order valence-electron chi connectivity index (χ4n) is 1.87. The molecule has 1 aromatic rings. The lowest BCUT2D eigenvalue weighted by molar-refractivity contribution is 0.410. The van der Waals surface area contributed by atoms with Gasteiger partial charge in [-0.25, -0.2) is 0 Å². The van der Waals surface area contributed by atoms with E-state index in [1.165, 1.54) is 12.0 Å². The average Bonchev–Trinajstić information content (AvgIpc) is 2.28. The summed E-state index contributed by atoms with van der Waals surface area (Å²) in [6.45, 7) is 6.51. The molecule has 1 rings (SSSR count). The Morgan fingerprint density at radius 2 is 2.06 bits per heavy atom. The third-order valence-electron chi connectivity index (χ3n) is 3.20. The molecule has 0 bridgehead atoms. The van der Waals surface area contributed by atoms with Crippen molar-refractivity contribution in [2.45, 2.75) is 39.7 Å². The van der Waals surface area contributed by atoms with Gasteiger partial charge in [0.15, 0.2) is 0 Å². The van der Waals surface area contributed by atoms with Crippen molar-refractivity contribution in [1.82, 2.24) is 0 Å². The van der Waals surface area contributed by atoms with Crippen LogP contribution in [0.3, 0.4) is 0 Å². The number of ether oxygens (including phenoxy) is 1. The summed E-state index contributed by atoms with van der Waals surface area (Å²) in [6.07, 6.45) is 2.23. The maximum atomic E-state index is 6.19. The average molecular weight is 221 g/mol. The number of nitrogens with two attached hydrogens (primary N) is 1. The molecule has 0 aliphatic rings. The number of benzene rings is 1. The predicted molar refractivity (Wildman–Crippen MR) is 68.7 cm³/mol. The van der Waals surface area contributed by atoms with Gasteiger partial charge in [0.1, 0.15) is 5.75 Å². The van der Waals surface area contributed by atoms with Crippen LogP contribution in [0.15, 0.2) is 18.2 Å². The van der Waals surface area contributed by atoms with Crippen LogP contribution in [0.4, 0.5) is 0 Å². The zero-order valence-corrected chi connectivity index (χ0v) is 10.8. The second-order valence-corrected chi connectivity index (χ2v) is 4.58. The van der Waals surface area contributed by atoms with Crippen molar-refractivity contribution in [2.24, 2.45) is 11.7 Å². The van der Waals surface area contributed by atoms with Crippen molar-refractivity contribution >= 4 is 0 Å². The molecule has 90 valence electrons. The lowest BCUT2D eigenvalue weighted by Gasteiger charge is -2.17. The Labute approximate surface area is 98.8 Å². The molecule has 0 heterocycles. The zero-order chi connectivity index (χ0) is 12.1. The summed E-state index contributed by atoms with van der Waals surface area (Å²) in [5, 5.41) is 0. The van der Waals surface area contributed by atoms with Crippen molar-refractivity contribution in [3.8, 4) is 5.75 Å². The van der Waals surface area contributed by atoms with E-state index in [0.29, 0.717) is 5.92 Å². The minimum atomic E-state index is 0.138. The molecule has 0 saturated carbocycles. The lowest BCUT2D eigenvalue weighted by atomic mass is 9.94. The molecular formula is C14H23NO. The Kier molecular flexibility index (Phi) is 4.81. The number of rotatable bonds is 5. The fourth-order valence-corrected chi connectivity index (χ4v) is 1.87. The highest BCUT2D eigenvalue weighted by Gasteiger charge is 2.11. The van der Waals surface area contributed by atoms with Gasteiger partial charge in [-0.15, -0.1) is 0 Å². The molecule has 2 nitrogen and oxygen atoms in total. The highest BCUT2D eigenvalue weighted by atomic mass is 16.5. The Morgan fingerprint density at radius 1 is 1.38 bits per heavy atom. The molecule has 2 atom stereocenters. The van der Waals surface area contributed by atoms with Crippen molar-refractivity contribution < 1.29 is 4.74 Å². The molecule has 0 amide bonds. The maximum Gasteiger partial charge on any atom is 0.121 e. The van der Waals surface area contributed by atoms with Crippen LogP contribution in [0.5, 0.6) is 5.75 Å². The van der Waals surface area contributed by atoms with Crippen LogP contribution in [0.1, 0.15) is 43.9 Å². The molecule has 2 N–H and O–H groups in total. The number of hydrogen-bond donors (Lipinski definition) is 1. The first-order valence-electron chi connectivity index (χ1n) is 5.98. The van der Waals surface area contributed by atoms with Gasteiger partial charge in [0.25, 0.3) is 0 Å². The third-order valence-corrected chi connectivity index (χ3v) is 3.20. The third kappa shape index (κ3) is 3.24. The largest absolute Gasteiger partial charge is 0.496 e. The number of hydrogen-bond acceptors (Lipinski definition) is 2. The van der Waals surface area contributed by atoms with Gasteiger partial charge in [-0.05, 0) is 36.5 Å². The Morgan fingerprint density at radius 3 is 2.56 bits per heavy atom. The first-order valence-corrected chi connectivity index (χ1v) is 5.98. The molecule has 2 heteroatoms. The predicted octanol–water partition coefficient (Wildman–Crippen LogP) is 3.44. The van der Waals surface area contributed by atoms with Gasteiger partial charge in [-0.1, -0.05) is 32.4 Å². The van der Waals surface area contributed by atoms with Crippen molar-refractivity contribution in [3.63, 3.8) is 0 Å². The van der Waals surface area contributed by atoms with Crippen LogP contribution in [-0.4, -0.2) is 7.11 Å². The summed E-state index contributed by atoms with van der Waals surface area (Å²) in [5.74, 6) is 1.61. The summed E-state index contributed by atoms with van der Waals surface area (Å²) in [7, 11) is 1.70. The lowest BCUT2D eigenvalue weighted by Crippen LogP contribution is -2.14. The topological polar surface area (TPSA) is 35.2 Å². The van der Waals surface area contributed by atoms with Crippen LogP contribution in [0.25, 0.3) is 0 Å². The van der Waals surface area contributed by atoms with Gasteiger partial charge in [0.2, 0.25) is 0 Å². The Balaban J connectivity index is 2.76. The first kappa shape index (κ1) is 13.0. The Hall–Kier alpha value is -1.02. The van der Waals surface area contributed by atoms with E-state index >= 15 is 0 Å². The van der Waals surface area contributed by atoms with E-state index in [4.69, 9.17) is 10.5 Å². The van der Waals surface area contributed by atoms with Gasteiger partial charge in [-0.2, -0.15) is 0 Å². The molecule has 16 heavy (non-hydrogen) atoms. The van der Waals surface area contributed by atoms with Gasteiger partial charge < -0.3 is 10.5 Å². The van der Waals surface area contributed by atoms with Crippen molar-refractivity contribution in [1.29, 1.82) is 0 Å². The van der Waals surface area contributed by atoms with Crippen LogP contribution < -0.4 is 10.5 Å². The fraction of sp³-hybridized carbons (Fsp3) is 0.571. The minimum absolute atomic E-state index is 0.138. The summed E-state index contributed by atoms with van der Waals surface area (Å²) in [6, 6.07) is 6.34.